The summed E-state index contributed by atoms with van der Waals surface area (Å²) in [5, 5.41) is 59.6. The molecular formula is C2H8N12O4. The van der Waals surface area contributed by atoms with Gasteiger partial charge in [0.25, 0.3) is 11.9 Å². The molecule has 2 aromatic rings. The number of quaternary nitrogens is 2. The Kier molecular flexibility index (Phi) is 7.04. The fourth-order valence-electron chi connectivity index (χ4n) is 0.555. The Balaban J connectivity index is 0.000000659. The highest BCUT2D eigenvalue weighted by atomic mass is 16.5. The standard InChI is InChI=1S/C2N10O2.2H4NO/c13-11-1(5-7-9-11)3-4-2-6-8-10-12(2)14;2*1-2/h;2*2H,1H3/q-2;2*+1. The summed E-state index contributed by atoms with van der Waals surface area (Å²) < 4.78 is 0. The fourth-order valence-corrected chi connectivity index (χ4v) is 0.555. The monoisotopic (exact) mass is 264 g/mol. The second kappa shape index (κ2) is 8.35. The zero-order valence-corrected chi connectivity index (χ0v) is 8.60. The smallest absolute Gasteiger partial charge is 0.284 e. The molecule has 16 nitrogen and oxygen atoms in total. The molecule has 0 fully saturated rings. The van der Waals surface area contributed by atoms with Crippen molar-refractivity contribution in [2.75, 3.05) is 0 Å². The van der Waals surface area contributed by atoms with E-state index in [4.69, 9.17) is 10.4 Å². The maximum absolute atomic E-state index is 10.7. The van der Waals surface area contributed by atoms with Gasteiger partial charge in [-0.15, -0.1) is 10.2 Å². The van der Waals surface area contributed by atoms with Gasteiger partial charge in [-0.25, -0.2) is 31.9 Å². The molecule has 0 atom stereocenters. The van der Waals surface area contributed by atoms with Gasteiger partial charge >= 0.3 is 0 Å². The second-order valence-electron chi connectivity index (χ2n) is 1.90. The Hall–Kier alpha value is -2.82. The quantitative estimate of drug-likeness (QED) is 0.301. The molecule has 0 amide bonds. The van der Waals surface area contributed by atoms with Crippen LogP contribution >= 0.6 is 0 Å². The summed E-state index contributed by atoms with van der Waals surface area (Å²) in [5.74, 6) is 3.68. The molecule has 0 aliphatic heterocycles. The molecule has 0 radical (unpaired) electrons. The van der Waals surface area contributed by atoms with Crippen LogP contribution in [0, 0.1) is 10.4 Å². The molecule has 0 spiro atoms. The highest BCUT2D eigenvalue weighted by Crippen LogP contribution is 2.09. The number of hydrogen-bond donors (Lipinski definition) is 4. The predicted octanol–water partition coefficient (Wildman–Crippen LogP) is -4.00. The number of rotatable bonds is 2. The van der Waals surface area contributed by atoms with Gasteiger partial charge in [0.1, 0.15) is 0 Å². The van der Waals surface area contributed by atoms with E-state index in [0.717, 1.165) is 0 Å². The minimum absolute atomic E-state index is 0.0302. The lowest BCUT2D eigenvalue weighted by Crippen LogP contribution is -2.42. The fraction of sp³-hybridized carbons (Fsp3) is 0. The predicted molar refractivity (Wildman–Crippen MR) is 46.7 cm³/mol. The van der Waals surface area contributed by atoms with Crippen molar-refractivity contribution in [3.05, 3.63) is 10.4 Å². The lowest BCUT2D eigenvalue weighted by atomic mass is 11.1. The van der Waals surface area contributed by atoms with Gasteiger partial charge in [-0.2, -0.15) is 0 Å². The molecule has 18 heavy (non-hydrogen) atoms. The van der Waals surface area contributed by atoms with Crippen LogP contribution in [0.3, 0.4) is 0 Å². The van der Waals surface area contributed by atoms with Crippen LogP contribution in [0.15, 0.2) is 10.2 Å². The molecule has 16 heteroatoms. The number of hydrogen-bond acceptors (Lipinski definition) is 12. The maximum atomic E-state index is 10.7. The highest BCUT2D eigenvalue weighted by molar-refractivity contribution is 5.15. The summed E-state index contributed by atoms with van der Waals surface area (Å²) in [6.45, 7) is 0. The largest absolute Gasteiger partial charge is 0.787 e. The van der Waals surface area contributed by atoms with Gasteiger partial charge in [0.15, 0.2) is 0 Å². The Morgan fingerprint density at radius 3 is 1.39 bits per heavy atom. The highest BCUT2D eigenvalue weighted by Gasteiger charge is 1.98. The first-order valence-electron chi connectivity index (χ1n) is 3.74. The number of aromatic nitrogens is 8. The van der Waals surface area contributed by atoms with Crippen LogP contribution in [-0.4, -0.2) is 51.2 Å². The van der Waals surface area contributed by atoms with Crippen molar-refractivity contribution in [1.82, 2.24) is 40.7 Å². The Morgan fingerprint density at radius 1 is 0.833 bits per heavy atom. The third-order valence-electron chi connectivity index (χ3n) is 1.08. The van der Waals surface area contributed by atoms with Crippen LogP contribution in [0.5, 0.6) is 0 Å². The molecule has 2 rings (SSSR count). The van der Waals surface area contributed by atoms with Gasteiger partial charge in [0.2, 0.25) is 0 Å². The van der Waals surface area contributed by atoms with E-state index in [1.807, 2.05) is 0 Å². The summed E-state index contributed by atoms with van der Waals surface area (Å²) in [5.41, 5.74) is 0. The van der Waals surface area contributed by atoms with Crippen molar-refractivity contribution < 1.29 is 22.2 Å². The van der Waals surface area contributed by atoms with E-state index in [1.54, 1.807) is 0 Å². The van der Waals surface area contributed by atoms with Crippen LogP contribution in [-0.2, 0) is 0 Å². The molecule has 100 valence electrons. The molecular weight excluding hydrogens is 256 g/mol. The van der Waals surface area contributed by atoms with Gasteiger partial charge in [-0.3, -0.25) is 0 Å². The number of azo groups is 1. The first kappa shape index (κ1) is 15.2. The summed E-state index contributed by atoms with van der Waals surface area (Å²) in [7, 11) is 0. The van der Waals surface area contributed by atoms with E-state index in [-0.39, 0.29) is 9.69 Å². The Morgan fingerprint density at radius 2 is 1.17 bits per heavy atom. The van der Waals surface area contributed by atoms with Crippen LogP contribution in [0.2, 0.25) is 0 Å². The van der Waals surface area contributed by atoms with E-state index in [0.29, 0.717) is 0 Å². The number of nitrogens with zero attached hydrogens (tertiary/aromatic N) is 10. The molecule has 8 N–H and O–H groups in total. The lowest BCUT2D eigenvalue weighted by Gasteiger charge is -2.01. The van der Waals surface area contributed by atoms with Crippen molar-refractivity contribution in [3.8, 4) is 0 Å². The third-order valence-corrected chi connectivity index (χ3v) is 1.08. The molecule has 0 saturated carbocycles. The Labute approximate surface area is 96.6 Å². The normalized spacial score (nSPS) is 9.33. The summed E-state index contributed by atoms with van der Waals surface area (Å²) in [4.78, 5) is 0.0604. The molecule has 0 saturated heterocycles. The molecule has 0 aliphatic carbocycles. The van der Waals surface area contributed by atoms with Gasteiger partial charge in [-0.05, 0) is 20.9 Å². The summed E-state index contributed by atoms with van der Waals surface area (Å²) in [6.07, 6.45) is 0. The average Bonchev–Trinajstić information content (AvgIpc) is 3.01. The van der Waals surface area contributed by atoms with Crippen molar-refractivity contribution in [3.63, 3.8) is 0 Å². The van der Waals surface area contributed by atoms with Gasteiger partial charge in [-0.1, -0.05) is 10.2 Å². The van der Waals surface area contributed by atoms with Crippen LogP contribution in [0.25, 0.3) is 0 Å². The first-order chi connectivity index (χ1) is 8.77. The molecule has 0 aliphatic rings. The summed E-state index contributed by atoms with van der Waals surface area (Å²) in [6, 6.07) is 0. The average molecular weight is 264 g/mol. The number of tetrazole rings is 2. The van der Waals surface area contributed by atoms with E-state index >= 15 is 0 Å². The molecule has 2 heterocycles. The lowest BCUT2D eigenvalue weighted by molar-refractivity contribution is -0.670. The first-order valence-corrected chi connectivity index (χ1v) is 3.74. The zero-order chi connectivity index (χ0) is 14.0. The summed E-state index contributed by atoms with van der Waals surface area (Å²) >= 11 is 0. The van der Waals surface area contributed by atoms with Crippen LogP contribution < -0.4 is 11.8 Å². The SMILES string of the molecule is [NH3+]O.[NH3+]O.[O-]n1nnnc1N=Nc1nnnn1[O-]. The molecule has 2 aromatic heterocycles. The van der Waals surface area contributed by atoms with Gasteiger partial charge in [0, 0.05) is 0 Å². The van der Waals surface area contributed by atoms with E-state index in [2.05, 4.69) is 53.1 Å². The maximum Gasteiger partial charge on any atom is 0.284 e. The second-order valence-corrected chi connectivity index (χ2v) is 1.90. The Bertz CT molecular complexity index is 418. The van der Waals surface area contributed by atoms with Crippen molar-refractivity contribution in [2.24, 2.45) is 10.2 Å². The van der Waals surface area contributed by atoms with Gasteiger partial charge in [0.05, 0.1) is 0 Å². The zero-order valence-electron chi connectivity index (χ0n) is 8.60. The van der Waals surface area contributed by atoms with E-state index < -0.39 is 11.9 Å². The minimum atomic E-state index is -0.409. The van der Waals surface area contributed by atoms with Crippen LogP contribution in [0.4, 0.5) is 11.9 Å². The minimum Gasteiger partial charge on any atom is -0.787 e. The third kappa shape index (κ3) is 3.97. The van der Waals surface area contributed by atoms with Crippen molar-refractivity contribution in [1.29, 1.82) is 0 Å². The molecule has 0 bridgehead atoms. The van der Waals surface area contributed by atoms with E-state index in [9.17, 15) is 10.4 Å². The molecule has 0 aromatic carbocycles. The topological polar surface area (TPSA) is 254 Å². The van der Waals surface area contributed by atoms with Crippen molar-refractivity contribution in [2.45, 2.75) is 0 Å². The van der Waals surface area contributed by atoms with E-state index in [1.165, 1.54) is 0 Å². The molecule has 0 unspecified atom stereocenters. The van der Waals surface area contributed by atoms with Crippen LogP contribution in [0.1, 0.15) is 0 Å². The van der Waals surface area contributed by atoms with Crippen molar-refractivity contribution >= 4 is 11.9 Å². The van der Waals surface area contributed by atoms with Gasteiger partial charge < -0.3 is 10.4 Å².